The van der Waals surface area contributed by atoms with Gasteiger partial charge in [-0.1, -0.05) is 57.7 Å². The molecule has 1 aromatic rings. The number of rotatable bonds is 4. The molecule has 1 aromatic carbocycles. The molecule has 2 aliphatic rings. The van der Waals surface area contributed by atoms with E-state index in [9.17, 15) is 13.2 Å². The van der Waals surface area contributed by atoms with Crippen LogP contribution in [0.2, 0.25) is 0 Å². The number of hydrogen-bond donors (Lipinski definition) is 0. The molecule has 0 bridgehead atoms. The number of amides is 1. The van der Waals surface area contributed by atoms with Crippen molar-refractivity contribution in [3.05, 3.63) is 29.8 Å². The molecule has 5 nitrogen and oxygen atoms in total. The average Bonchev–Trinajstić information content (AvgIpc) is 3.04. The van der Waals surface area contributed by atoms with Gasteiger partial charge in [-0.15, -0.1) is 0 Å². The third-order valence-corrected chi connectivity index (χ3v) is 8.33. The molecule has 7 heteroatoms. The normalized spacial score (nSPS) is 27.1. The number of thioether (sulfide) groups is 1. The van der Waals surface area contributed by atoms with Gasteiger partial charge in [0.25, 0.3) is 5.91 Å². The fourth-order valence-corrected chi connectivity index (χ4v) is 7.33. The molecule has 0 N–H and O–H groups in total. The molecule has 2 aliphatic heterocycles. The van der Waals surface area contributed by atoms with Crippen molar-refractivity contribution < 1.29 is 13.2 Å². The van der Waals surface area contributed by atoms with Crippen LogP contribution in [0.25, 0.3) is 0 Å². The minimum Gasteiger partial charge on any atom is -0.315 e. The van der Waals surface area contributed by atoms with Gasteiger partial charge in [0.2, 0.25) is 0 Å². The van der Waals surface area contributed by atoms with Crippen molar-refractivity contribution in [3.8, 4) is 0 Å². The Bertz CT molecular complexity index is 833. The zero-order chi connectivity index (χ0) is 19.1. The standard InChI is InChI=1S/C19H26N2O3S2/c1-5-13(4)18(22)20-19-21(15-9-7-6-8-14(15)12(2)3)16-10-26(23,24)11-17(16)25-19/h6-9,12-13,16-17H,5,10-11H2,1-4H3/t13-,16+,17+/m0/s1. The van der Waals surface area contributed by atoms with E-state index in [0.717, 1.165) is 17.7 Å². The summed E-state index contributed by atoms with van der Waals surface area (Å²) in [6, 6.07) is 7.86. The summed E-state index contributed by atoms with van der Waals surface area (Å²) in [6.45, 7) is 8.08. The van der Waals surface area contributed by atoms with Gasteiger partial charge in [0.15, 0.2) is 15.0 Å². The number of fused-ring (bicyclic) bond motifs is 1. The third kappa shape index (κ3) is 3.69. The molecule has 2 saturated heterocycles. The van der Waals surface area contributed by atoms with E-state index in [2.05, 4.69) is 24.9 Å². The summed E-state index contributed by atoms with van der Waals surface area (Å²) in [5.74, 6) is 0.298. The van der Waals surface area contributed by atoms with Crippen molar-refractivity contribution in [2.45, 2.75) is 51.3 Å². The minimum absolute atomic E-state index is 0.0660. The first kappa shape index (κ1) is 19.4. The van der Waals surface area contributed by atoms with E-state index in [4.69, 9.17) is 0 Å². The van der Waals surface area contributed by atoms with Gasteiger partial charge in [0, 0.05) is 16.9 Å². The Morgan fingerprint density at radius 1 is 1.27 bits per heavy atom. The molecule has 0 radical (unpaired) electrons. The quantitative estimate of drug-likeness (QED) is 0.782. The van der Waals surface area contributed by atoms with Crippen LogP contribution in [0.3, 0.4) is 0 Å². The SMILES string of the molecule is CC[C@H](C)C(=O)N=C1S[C@@H]2CS(=O)(=O)C[C@H]2N1c1ccccc1C(C)C. The number of benzene rings is 1. The summed E-state index contributed by atoms with van der Waals surface area (Å²) in [5, 5.41) is 0.581. The maximum atomic E-state index is 12.4. The maximum Gasteiger partial charge on any atom is 0.250 e. The Morgan fingerprint density at radius 3 is 2.62 bits per heavy atom. The number of carbonyl (C=O) groups is 1. The van der Waals surface area contributed by atoms with Gasteiger partial charge in [-0.05, 0) is 24.0 Å². The van der Waals surface area contributed by atoms with Gasteiger partial charge in [-0.25, -0.2) is 8.42 Å². The molecule has 1 amide bonds. The molecular formula is C19H26N2O3S2. The molecule has 0 aromatic heterocycles. The molecule has 2 heterocycles. The van der Waals surface area contributed by atoms with Crippen LogP contribution in [0.5, 0.6) is 0 Å². The number of amidine groups is 1. The first-order chi connectivity index (χ1) is 12.2. The van der Waals surface area contributed by atoms with Crippen molar-refractivity contribution in [1.82, 2.24) is 0 Å². The number of aliphatic imine (C=N–C) groups is 1. The zero-order valence-electron chi connectivity index (χ0n) is 15.7. The van der Waals surface area contributed by atoms with E-state index in [1.165, 1.54) is 11.8 Å². The van der Waals surface area contributed by atoms with Gasteiger partial charge in [-0.3, -0.25) is 4.79 Å². The lowest BCUT2D eigenvalue weighted by Crippen LogP contribution is -2.38. The number of sulfone groups is 1. The van der Waals surface area contributed by atoms with Crippen LogP contribution in [-0.4, -0.2) is 42.3 Å². The second-order valence-corrected chi connectivity index (χ2v) is 10.8. The van der Waals surface area contributed by atoms with Gasteiger partial charge in [0.1, 0.15) is 0 Å². The Balaban J connectivity index is 2.07. The Hall–Kier alpha value is -1.34. The van der Waals surface area contributed by atoms with E-state index in [1.54, 1.807) is 0 Å². The summed E-state index contributed by atoms with van der Waals surface area (Å²) < 4.78 is 24.4. The van der Waals surface area contributed by atoms with Gasteiger partial charge < -0.3 is 4.90 Å². The molecule has 3 atom stereocenters. The minimum atomic E-state index is -3.05. The predicted molar refractivity (Wildman–Crippen MR) is 109 cm³/mol. The molecule has 3 rings (SSSR count). The smallest absolute Gasteiger partial charge is 0.250 e. The predicted octanol–water partition coefficient (Wildman–Crippen LogP) is 3.46. The van der Waals surface area contributed by atoms with Crippen molar-refractivity contribution in [1.29, 1.82) is 0 Å². The summed E-state index contributed by atoms with van der Waals surface area (Å²) in [6.07, 6.45) is 0.740. The van der Waals surface area contributed by atoms with Crippen molar-refractivity contribution in [2.24, 2.45) is 10.9 Å². The fraction of sp³-hybridized carbons (Fsp3) is 0.579. The van der Waals surface area contributed by atoms with Gasteiger partial charge >= 0.3 is 0 Å². The maximum absolute atomic E-state index is 12.4. The highest BCUT2D eigenvalue weighted by Gasteiger charge is 2.49. The Kier molecular flexibility index (Phi) is 5.49. The van der Waals surface area contributed by atoms with E-state index in [1.807, 2.05) is 36.9 Å². The molecule has 2 fully saturated rings. The topological polar surface area (TPSA) is 66.8 Å². The van der Waals surface area contributed by atoms with Crippen LogP contribution < -0.4 is 4.90 Å². The van der Waals surface area contributed by atoms with Crippen molar-refractivity contribution in [2.75, 3.05) is 16.4 Å². The molecule has 26 heavy (non-hydrogen) atoms. The average molecular weight is 395 g/mol. The second kappa shape index (κ2) is 7.35. The summed E-state index contributed by atoms with van der Waals surface area (Å²) >= 11 is 1.44. The number of para-hydroxylation sites is 1. The number of nitrogens with zero attached hydrogens (tertiary/aromatic N) is 2. The molecule has 0 spiro atoms. The largest absolute Gasteiger partial charge is 0.315 e. The number of hydrogen-bond acceptors (Lipinski definition) is 4. The molecule has 0 unspecified atom stereocenters. The van der Waals surface area contributed by atoms with Gasteiger partial charge in [0.05, 0.1) is 17.5 Å². The lowest BCUT2D eigenvalue weighted by molar-refractivity contribution is -0.121. The molecule has 142 valence electrons. The first-order valence-electron chi connectivity index (χ1n) is 9.11. The Morgan fingerprint density at radius 2 is 1.96 bits per heavy atom. The third-order valence-electron chi connectivity index (χ3n) is 5.12. The second-order valence-electron chi connectivity index (χ2n) is 7.43. The summed E-state index contributed by atoms with van der Waals surface area (Å²) in [4.78, 5) is 18.8. The lowest BCUT2D eigenvalue weighted by Gasteiger charge is -2.28. The van der Waals surface area contributed by atoms with Crippen molar-refractivity contribution >= 4 is 38.4 Å². The van der Waals surface area contributed by atoms with Crippen LogP contribution in [-0.2, 0) is 14.6 Å². The zero-order valence-corrected chi connectivity index (χ0v) is 17.3. The van der Waals surface area contributed by atoms with E-state index in [0.29, 0.717) is 11.1 Å². The van der Waals surface area contributed by atoms with E-state index in [-0.39, 0.29) is 34.6 Å². The van der Waals surface area contributed by atoms with Crippen molar-refractivity contribution in [3.63, 3.8) is 0 Å². The molecule has 0 saturated carbocycles. The van der Waals surface area contributed by atoms with E-state index >= 15 is 0 Å². The summed E-state index contributed by atoms with van der Waals surface area (Å²) in [5.41, 5.74) is 2.11. The summed E-state index contributed by atoms with van der Waals surface area (Å²) in [7, 11) is -3.05. The molecular weight excluding hydrogens is 368 g/mol. The number of anilines is 1. The Labute approximate surface area is 160 Å². The van der Waals surface area contributed by atoms with Crippen LogP contribution in [0.4, 0.5) is 5.69 Å². The van der Waals surface area contributed by atoms with Crippen LogP contribution >= 0.6 is 11.8 Å². The monoisotopic (exact) mass is 394 g/mol. The number of carbonyl (C=O) groups excluding carboxylic acids is 1. The van der Waals surface area contributed by atoms with Gasteiger partial charge in [-0.2, -0.15) is 4.99 Å². The van der Waals surface area contributed by atoms with E-state index < -0.39 is 9.84 Å². The highest BCUT2D eigenvalue weighted by Crippen LogP contribution is 2.43. The lowest BCUT2D eigenvalue weighted by atomic mass is 9.99. The van der Waals surface area contributed by atoms with Crippen LogP contribution in [0.1, 0.15) is 45.6 Å². The molecule has 0 aliphatic carbocycles. The van der Waals surface area contributed by atoms with Crippen LogP contribution in [0, 0.1) is 5.92 Å². The highest BCUT2D eigenvalue weighted by atomic mass is 32.2. The fourth-order valence-electron chi connectivity index (χ4n) is 3.42. The highest BCUT2D eigenvalue weighted by molar-refractivity contribution is 8.16. The van der Waals surface area contributed by atoms with Crippen LogP contribution in [0.15, 0.2) is 29.3 Å². The first-order valence-corrected chi connectivity index (χ1v) is 11.8.